The minimum atomic E-state index is -0.232. The summed E-state index contributed by atoms with van der Waals surface area (Å²) < 4.78 is 10.2. The van der Waals surface area contributed by atoms with Crippen LogP contribution >= 0.6 is 0 Å². The van der Waals surface area contributed by atoms with Gasteiger partial charge in [-0.15, -0.1) is 0 Å². The third-order valence-electron chi connectivity index (χ3n) is 4.03. The smallest absolute Gasteiger partial charge is 0.234 e. The molecule has 7 heteroatoms. The first-order chi connectivity index (χ1) is 10.6. The van der Waals surface area contributed by atoms with Gasteiger partial charge in [0, 0.05) is 32.2 Å². The van der Waals surface area contributed by atoms with Gasteiger partial charge >= 0.3 is 0 Å². The molecule has 2 amide bonds. The highest BCUT2D eigenvalue weighted by molar-refractivity contribution is 5.93. The second kappa shape index (κ2) is 7.40. The van der Waals surface area contributed by atoms with Gasteiger partial charge in [0.25, 0.3) is 0 Å². The van der Waals surface area contributed by atoms with Gasteiger partial charge in [0.2, 0.25) is 17.7 Å². The number of rotatable bonds is 6. The number of likely N-dealkylation sites (tertiary alicyclic amines) is 1. The summed E-state index contributed by atoms with van der Waals surface area (Å²) in [5, 5.41) is 6.72. The molecular weight excluding hydrogens is 286 g/mol. The molecule has 122 valence electrons. The molecular formula is C15H23N3O4. The minimum absolute atomic E-state index is 0.0743. The van der Waals surface area contributed by atoms with E-state index in [4.69, 9.17) is 9.26 Å². The quantitative estimate of drug-likeness (QED) is 0.858. The topological polar surface area (TPSA) is 84.7 Å². The Morgan fingerprint density at radius 2 is 2.32 bits per heavy atom. The van der Waals surface area contributed by atoms with E-state index in [1.807, 2.05) is 13.8 Å². The number of hydrogen-bond acceptors (Lipinski definition) is 5. The largest absolute Gasteiger partial charge is 0.383 e. The molecule has 1 aliphatic rings. The first-order valence-corrected chi connectivity index (χ1v) is 7.59. The van der Waals surface area contributed by atoms with Gasteiger partial charge in [-0.2, -0.15) is 0 Å². The lowest BCUT2D eigenvalue weighted by Crippen LogP contribution is -2.45. The standard InChI is InChI=1S/C15H23N3O4/c1-4-12-10(2)15(22-17-12)16-14(20)11-5-6-13(19)18(9-11)7-8-21-3/h11H,4-9H2,1-3H3,(H,16,20). The van der Waals surface area contributed by atoms with Crippen molar-refractivity contribution in [3.8, 4) is 0 Å². The van der Waals surface area contributed by atoms with Crippen LogP contribution in [0.3, 0.4) is 0 Å². The molecule has 1 unspecified atom stereocenters. The molecule has 22 heavy (non-hydrogen) atoms. The van der Waals surface area contributed by atoms with Crippen LogP contribution in [0.25, 0.3) is 0 Å². The second-order valence-electron chi connectivity index (χ2n) is 5.49. The molecule has 0 bridgehead atoms. The average Bonchev–Trinajstić information content (AvgIpc) is 2.86. The Morgan fingerprint density at radius 1 is 1.55 bits per heavy atom. The van der Waals surface area contributed by atoms with Crippen LogP contribution in [0.2, 0.25) is 0 Å². The molecule has 0 aliphatic carbocycles. The molecule has 1 aliphatic heterocycles. The minimum Gasteiger partial charge on any atom is -0.383 e. The van der Waals surface area contributed by atoms with Gasteiger partial charge in [-0.3, -0.25) is 14.9 Å². The summed E-state index contributed by atoms with van der Waals surface area (Å²) in [5.41, 5.74) is 1.70. The fourth-order valence-corrected chi connectivity index (χ4v) is 2.58. The van der Waals surface area contributed by atoms with E-state index in [9.17, 15) is 9.59 Å². The van der Waals surface area contributed by atoms with Crippen molar-refractivity contribution in [1.29, 1.82) is 0 Å². The van der Waals surface area contributed by atoms with Crippen molar-refractivity contribution in [2.24, 2.45) is 5.92 Å². The van der Waals surface area contributed by atoms with Crippen LogP contribution in [0.4, 0.5) is 5.88 Å². The Morgan fingerprint density at radius 3 is 2.95 bits per heavy atom. The monoisotopic (exact) mass is 309 g/mol. The summed E-state index contributed by atoms with van der Waals surface area (Å²) in [4.78, 5) is 25.9. The maximum absolute atomic E-state index is 12.4. The lowest BCUT2D eigenvalue weighted by Gasteiger charge is -2.31. The van der Waals surface area contributed by atoms with Crippen molar-refractivity contribution in [1.82, 2.24) is 10.1 Å². The first-order valence-electron chi connectivity index (χ1n) is 7.59. The number of carbonyl (C=O) groups excluding carboxylic acids is 2. The molecule has 1 N–H and O–H groups in total. The highest BCUT2D eigenvalue weighted by atomic mass is 16.5. The van der Waals surface area contributed by atoms with Crippen LogP contribution in [0.1, 0.15) is 31.0 Å². The molecule has 1 saturated heterocycles. The molecule has 1 aromatic heterocycles. The Hall–Kier alpha value is -1.89. The summed E-state index contributed by atoms with van der Waals surface area (Å²) in [6.07, 6.45) is 1.70. The number of anilines is 1. The number of aromatic nitrogens is 1. The third-order valence-corrected chi connectivity index (χ3v) is 4.03. The van der Waals surface area contributed by atoms with E-state index in [2.05, 4.69) is 10.5 Å². The zero-order chi connectivity index (χ0) is 16.1. The van der Waals surface area contributed by atoms with Gasteiger partial charge in [-0.1, -0.05) is 12.1 Å². The van der Waals surface area contributed by atoms with E-state index in [0.29, 0.717) is 38.4 Å². The lowest BCUT2D eigenvalue weighted by molar-refractivity contribution is -0.137. The number of nitrogens with zero attached hydrogens (tertiary/aromatic N) is 2. The molecule has 0 saturated carbocycles. The van der Waals surface area contributed by atoms with Gasteiger partial charge in [0.15, 0.2) is 0 Å². The van der Waals surface area contributed by atoms with Crippen molar-refractivity contribution in [2.45, 2.75) is 33.1 Å². The molecule has 1 fully saturated rings. The van der Waals surface area contributed by atoms with E-state index in [0.717, 1.165) is 17.7 Å². The van der Waals surface area contributed by atoms with Crippen LogP contribution in [0, 0.1) is 12.8 Å². The number of aryl methyl sites for hydroxylation is 1. The number of ether oxygens (including phenoxy) is 1. The Labute approximate surface area is 130 Å². The van der Waals surface area contributed by atoms with E-state index in [1.165, 1.54) is 0 Å². The maximum atomic E-state index is 12.4. The van der Waals surface area contributed by atoms with Gasteiger partial charge in [-0.05, 0) is 19.8 Å². The van der Waals surface area contributed by atoms with E-state index in [1.54, 1.807) is 12.0 Å². The molecule has 2 heterocycles. The van der Waals surface area contributed by atoms with Crippen LogP contribution in [0.5, 0.6) is 0 Å². The van der Waals surface area contributed by atoms with Gasteiger partial charge in [-0.25, -0.2) is 0 Å². The van der Waals surface area contributed by atoms with E-state index >= 15 is 0 Å². The molecule has 1 atom stereocenters. The molecule has 2 rings (SSSR count). The highest BCUT2D eigenvalue weighted by Gasteiger charge is 2.30. The number of amides is 2. The van der Waals surface area contributed by atoms with Gasteiger partial charge < -0.3 is 14.2 Å². The van der Waals surface area contributed by atoms with Crippen LogP contribution in [0.15, 0.2) is 4.52 Å². The predicted molar refractivity (Wildman–Crippen MR) is 80.4 cm³/mol. The molecule has 0 spiro atoms. The first kappa shape index (κ1) is 16.5. The Kier molecular flexibility index (Phi) is 5.54. The Balaban J connectivity index is 1.97. The van der Waals surface area contributed by atoms with Crippen molar-refractivity contribution in [2.75, 3.05) is 32.1 Å². The van der Waals surface area contributed by atoms with Crippen LogP contribution in [-0.2, 0) is 20.7 Å². The van der Waals surface area contributed by atoms with Crippen molar-refractivity contribution < 1.29 is 18.8 Å². The van der Waals surface area contributed by atoms with Crippen molar-refractivity contribution in [3.63, 3.8) is 0 Å². The summed E-state index contributed by atoms with van der Waals surface area (Å²) in [6.45, 7) is 5.26. The zero-order valence-corrected chi connectivity index (χ0v) is 13.3. The molecule has 1 aromatic rings. The number of piperidine rings is 1. The average molecular weight is 309 g/mol. The van der Waals surface area contributed by atoms with Gasteiger partial charge in [0.05, 0.1) is 18.2 Å². The number of nitrogens with one attached hydrogen (secondary N) is 1. The van der Waals surface area contributed by atoms with Crippen molar-refractivity contribution in [3.05, 3.63) is 11.3 Å². The summed E-state index contributed by atoms with van der Waals surface area (Å²) in [5.74, 6) is 0.119. The van der Waals surface area contributed by atoms with Crippen LogP contribution < -0.4 is 5.32 Å². The second-order valence-corrected chi connectivity index (χ2v) is 5.49. The molecule has 0 radical (unpaired) electrons. The SMILES string of the molecule is CCc1noc(NC(=O)C2CCC(=O)N(CCOC)C2)c1C. The molecule has 7 nitrogen and oxygen atoms in total. The fraction of sp³-hybridized carbons (Fsp3) is 0.667. The normalized spacial score (nSPS) is 18.6. The lowest BCUT2D eigenvalue weighted by atomic mass is 9.96. The predicted octanol–water partition coefficient (Wildman–Crippen LogP) is 1.37. The molecule has 0 aromatic carbocycles. The zero-order valence-electron chi connectivity index (χ0n) is 13.3. The van der Waals surface area contributed by atoms with Crippen LogP contribution in [-0.4, -0.2) is 48.7 Å². The third kappa shape index (κ3) is 3.65. The number of methoxy groups -OCH3 is 1. The fourth-order valence-electron chi connectivity index (χ4n) is 2.58. The number of hydrogen-bond donors (Lipinski definition) is 1. The van der Waals surface area contributed by atoms with Gasteiger partial charge in [0.1, 0.15) is 0 Å². The van der Waals surface area contributed by atoms with Crippen molar-refractivity contribution >= 4 is 17.7 Å². The van der Waals surface area contributed by atoms with E-state index < -0.39 is 0 Å². The highest BCUT2D eigenvalue weighted by Crippen LogP contribution is 2.23. The summed E-state index contributed by atoms with van der Waals surface area (Å²) >= 11 is 0. The van der Waals surface area contributed by atoms with E-state index in [-0.39, 0.29) is 17.7 Å². The summed E-state index contributed by atoms with van der Waals surface area (Å²) in [7, 11) is 1.59. The Bertz CT molecular complexity index is 541. The number of carbonyl (C=O) groups is 2. The maximum Gasteiger partial charge on any atom is 0.234 e. The summed E-state index contributed by atoms with van der Waals surface area (Å²) in [6, 6.07) is 0.